The molecule has 0 fully saturated rings. The van der Waals surface area contributed by atoms with Gasteiger partial charge in [-0.05, 0) is 36.8 Å². The smallest absolute Gasteiger partial charge is 0.0992 e. The lowest BCUT2D eigenvalue weighted by molar-refractivity contribution is 0.196. The number of nitrogens with zero attached hydrogens (tertiary/aromatic N) is 1. The van der Waals surface area contributed by atoms with E-state index < -0.39 is 6.10 Å². The van der Waals surface area contributed by atoms with Crippen LogP contribution in [0.25, 0.3) is 0 Å². The van der Waals surface area contributed by atoms with E-state index in [1.165, 1.54) is 11.8 Å². The number of benzene rings is 2. The van der Waals surface area contributed by atoms with Gasteiger partial charge >= 0.3 is 0 Å². The van der Waals surface area contributed by atoms with Gasteiger partial charge in [0, 0.05) is 9.79 Å². The van der Waals surface area contributed by atoms with Crippen LogP contribution in [0.5, 0.6) is 0 Å². The SMILES string of the molecule is C[C@@H](O)c1ccc(C#N)cc1Sc1ccccc1Cl. The summed E-state index contributed by atoms with van der Waals surface area (Å²) in [6.07, 6.45) is -0.585. The maximum Gasteiger partial charge on any atom is 0.0992 e. The van der Waals surface area contributed by atoms with Crippen LogP contribution in [-0.2, 0) is 0 Å². The molecule has 2 aromatic rings. The minimum Gasteiger partial charge on any atom is -0.389 e. The highest BCUT2D eigenvalue weighted by Crippen LogP contribution is 2.37. The molecule has 0 saturated carbocycles. The van der Waals surface area contributed by atoms with E-state index in [1.54, 1.807) is 25.1 Å². The molecule has 0 unspecified atom stereocenters. The van der Waals surface area contributed by atoms with Crippen molar-refractivity contribution in [2.24, 2.45) is 0 Å². The fraction of sp³-hybridized carbons (Fsp3) is 0.133. The largest absolute Gasteiger partial charge is 0.389 e. The molecule has 4 heteroatoms. The third kappa shape index (κ3) is 3.30. The zero-order chi connectivity index (χ0) is 13.8. The van der Waals surface area contributed by atoms with Gasteiger partial charge in [-0.15, -0.1) is 0 Å². The van der Waals surface area contributed by atoms with Crippen LogP contribution < -0.4 is 0 Å². The molecule has 0 aliphatic carbocycles. The van der Waals surface area contributed by atoms with Gasteiger partial charge in [-0.25, -0.2) is 0 Å². The quantitative estimate of drug-likeness (QED) is 0.910. The van der Waals surface area contributed by atoms with Gasteiger partial charge in [-0.1, -0.05) is 41.6 Å². The summed E-state index contributed by atoms with van der Waals surface area (Å²) in [5.74, 6) is 0. The Hall–Kier alpha value is -1.47. The predicted octanol–water partition coefficient (Wildman–Crippen LogP) is 4.42. The first-order valence-electron chi connectivity index (χ1n) is 5.76. The van der Waals surface area contributed by atoms with Crippen molar-refractivity contribution < 1.29 is 5.11 Å². The van der Waals surface area contributed by atoms with Gasteiger partial charge in [0.2, 0.25) is 0 Å². The zero-order valence-electron chi connectivity index (χ0n) is 10.3. The molecule has 0 radical (unpaired) electrons. The van der Waals surface area contributed by atoms with Gasteiger partial charge in [0.1, 0.15) is 0 Å². The van der Waals surface area contributed by atoms with Gasteiger partial charge in [-0.3, -0.25) is 0 Å². The van der Waals surface area contributed by atoms with E-state index in [0.29, 0.717) is 10.6 Å². The van der Waals surface area contributed by atoms with Crippen LogP contribution in [-0.4, -0.2) is 5.11 Å². The summed E-state index contributed by atoms with van der Waals surface area (Å²) in [7, 11) is 0. The van der Waals surface area contributed by atoms with Gasteiger partial charge < -0.3 is 5.11 Å². The molecule has 2 aromatic carbocycles. The molecule has 0 aliphatic rings. The Labute approximate surface area is 121 Å². The van der Waals surface area contributed by atoms with Crippen molar-refractivity contribution >= 4 is 23.4 Å². The topological polar surface area (TPSA) is 44.0 Å². The molecule has 2 rings (SSSR count). The van der Waals surface area contributed by atoms with Crippen LogP contribution >= 0.6 is 23.4 Å². The van der Waals surface area contributed by atoms with E-state index in [1.807, 2.05) is 24.3 Å². The monoisotopic (exact) mass is 289 g/mol. The van der Waals surface area contributed by atoms with E-state index in [-0.39, 0.29) is 0 Å². The Morgan fingerprint density at radius 2 is 1.95 bits per heavy atom. The second kappa shape index (κ2) is 6.12. The lowest BCUT2D eigenvalue weighted by Crippen LogP contribution is -1.94. The Kier molecular flexibility index (Phi) is 4.49. The minimum atomic E-state index is -0.585. The van der Waals surface area contributed by atoms with E-state index in [0.717, 1.165) is 15.4 Å². The zero-order valence-corrected chi connectivity index (χ0v) is 11.9. The minimum absolute atomic E-state index is 0.568. The standard InChI is InChI=1S/C15H12ClNOS/c1-10(18)12-7-6-11(9-17)8-15(12)19-14-5-3-2-4-13(14)16/h2-8,10,18H,1H3/t10-/m1/s1. The normalized spacial score (nSPS) is 11.9. The highest BCUT2D eigenvalue weighted by Gasteiger charge is 2.11. The summed E-state index contributed by atoms with van der Waals surface area (Å²) in [6, 6.07) is 14.9. The lowest BCUT2D eigenvalue weighted by Gasteiger charge is -2.12. The van der Waals surface area contributed by atoms with Crippen LogP contribution in [0.15, 0.2) is 52.3 Å². The molecule has 0 aliphatic heterocycles. The van der Waals surface area contributed by atoms with Crippen LogP contribution in [0.2, 0.25) is 5.02 Å². The first-order chi connectivity index (χ1) is 9.11. The van der Waals surface area contributed by atoms with Crippen molar-refractivity contribution in [2.45, 2.75) is 22.8 Å². The summed E-state index contributed by atoms with van der Waals surface area (Å²) < 4.78 is 0. The van der Waals surface area contributed by atoms with Crippen molar-refractivity contribution in [3.05, 3.63) is 58.6 Å². The van der Waals surface area contributed by atoms with Gasteiger partial charge in [0.25, 0.3) is 0 Å². The molecule has 0 spiro atoms. The van der Waals surface area contributed by atoms with Crippen molar-refractivity contribution in [1.29, 1.82) is 5.26 Å². The predicted molar refractivity (Wildman–Crippen MR) is 77.4 cm³/mol. The first kappa shape index (κ1) is 14.0. The lowest BCUT2D eigenvalue weighted by atomic mass is 10.1. The highest BCUT2D eigenvalue weighted by molar-refractivity contribution is 7.99. The fourth-order valence-corrected chi connectivity index (χ4v) is 3.03. The van der Waals surface area contributed by atoms with Crippen LogP contribution in [0.1, 0.15) is 24.2 Å². The molecule has 1 N–H and O–H groups in total. The first-order valence-corrected chi connectivity index (χ1v) is 6.95. The van der Waals surface area contributed by atoms with Crippen LogP contribution in [0.3, 0.4) is 0 Å². The van der Waals surface area contributed by atoms with E-state index in [2.05, 4.69) is 6.07 Å². The van der Waals surface area contributed by atoms with Gasteiger partial charge in [0.15, 0.2) is 0 Å². The molecule has 96 valence electrons. The summed E-state index contributed by atoms with van der Waals surface area (Å²) in [5, 5.41) is 19.4. The molecule has 0 saturated heterocycles. The maximum atomic E-state index is 9.79. The third-order valence-electron chi connectivity index (χ3n) is 2.65. The molecule has 0 amide bonds. The van der Waals surface area contributed by atoms with Gasteiger partial charge in [0.05, 0.1) is 22.8 Å². The van der Waals surface area contributed by atoms with E-state index >= 15 is 0 Å². The summed E-state index contributed by atoms with van der Waals surface area (Å²) >= 11 is 7.59. The Morgan fingerprint density at radius 1 is 1.21 bits per heavy atom. The summed E-state index contributed by atoms with van der Waals surface area (Å²) in [4.78, 5) is 1.75. The number of aliphatic hydroxyl groups is 1. The van der Waals surface area contributed by atoms with Gasteiger partial charge in [-0.2, -0.15) is 5.26 Å². The Bertz CT molecular complexity index is 634. The second-order valence-corrected chi connectivity index (χ2v) is 5.56. The van der Waals surface area contributed by atoms with E-state index in [4.69, 9.17) is 16.9 Å². The number of hydrogen-bond acceptors (Lipinski definition) is 3. The highest BCUT2D eigenvalue weighted by atomic mass is 35.5. The van der Waals surface area contributed by atoms with Crippen LogP contribution in [0.4, 0.5) is 0 Å². The van der Waals surface area contributed by atoms with Crippen molar-refractivity contribution in [3.63, 3.8) is 0 Å². The average molecular weight is 290 g/mol. The Morgan fingerprint density at radius 3 is 2.58 bits per heavy atom. The summed E-state index contributed by atoms with van der Waals surface area (Å²) in [5.41, 5.74) is 1.36. The number of halogens is 1. The number of rotatable bonds is 3. The average Bonchev–Trinajstić information content (AvgIpc) is 2.41. The molecule has 0 aromatic heterocycles. The number of aliphatic hydroxyl groups excluding tert-OH is 1. The fourth-order valence-electron chi connectivity index (χ4n) is 1.68. The Balaban J connectivity index is 2.44. The van der Waals surface area contributed by atoms with E-state index in [9.17, 15) is 5.11 Å². The second-order valence-electron chi connectivity index (χ2n) is 4.07. The number of nitriles is 1. The molecule has 1 atom stereocenters. The number of hydrogen-bond donors (Lipinski definition) is 1. The molecule has 0 bridgehead atoms. The molecular formula is C15H12ClNOS. The molecular weight excluding hydrogens is 278 g/mol. The molecule has 19 heavy (non-hydrogen) atoms. The maximum absolute atomic E-state index is 9.79. The van der Waals surface area contributed by atoms with Crippen molar-refractivity contribution in [3.8, 4) is 6.07 Å². The molecule has 0 heterocycles. The van der Waals surface area contributed by atoms with Crippen LogP contribution in [0, 0.1) is 11.3 Å². The van der Waals surface area contributed by atoms with Crippen molar-refractivity contribution in [1.82, 2.24) is 0 Å². The summed E-state index contributed by atoms with van der Waals surface area (Å²) in [6.45, 7) is 1.71. The third-order valence-corrected chi connectivity index (χ3v) is 4.24. The van der Waals surface area contributed by atoms with Crippen molar-refractivity contribution in [2.75, 3.05) is 0 Å². The molecule has 2 nitrogen and oxygen atoms in total.